The van der Waals surface area contributed by atoms with E-state index in [2.05, 4.69) is 29.9 Å². The number of aliphatic carboxylic acids is 1. The van der Waals surface area contributed by atoms with Crippen LogP contribution < -0.4 is 22.6 Å². The van der Waals surface area contributed by atoms with E-state index in [1.807, 2.05) is 0 Å². The number of carboxylic acid groups (broad SMARTS) is 1. The van der Waals surface area contributed by atoms with Crippen LogP contribution in [-0.2, 0) is 47.9 Å². The Hall–Kier alpha value is -4.17. The molecule has 3 aliphatic heterocycles. The molecule has 4 aromatic heterocycles. The van der Waals surface area contributed by atoms with Gasteiger partial charge in [0.2, 0.25) is 11.9 Å². The van der Waals surface area contributed by atoms with Gasteiger partial charge in [0.05, 0.1) is 19.5 Å². The quantitative estimate of drug-likeness (QED) is 0.0917. The number of imidazole rings is 2. The minimum atomic E-state index is -5.23. The topological polar surface area (TPSA) is 387 Å². The molecule has 0 saturated carbocycles. The van der Waals surface area contributed by atoms with Gasteiger partial charge in [-0.15, -0.1) is 0 Å². The van der Waals surface area contributed by atoms with Gasteiger partial charge in [-0.05, 0) is 0 Å². The molecule has 4 aromatic rings. The van der Waals surface area contributed by atoms with Crippen molar-refractivity contribution in [3.8, 4) is 0 Å². The molecule has 0 aromatic carbocycles. The summed E-state index contributed by atoms with van der Waals surface area (Å²) in [6.07, 6.45) is -13.8. The van der Waals surface area contributed by atoms with Crippen LogP contribution in [0.25, 0.3) is 22.3 Å². The monoisotopic (exact) mass is 748 g/mol. The predicted molar refractivity (Wildman–Crippen MR) is 158 cm³/mol. The fourth-order valence-electron chi connectivity index (χ4n) is 5.82. The summed E-state index contributed by atoms with van der Waals surface area (Å²) in [5.41, 5.74) is 8.62. The van der Waals surface area contributed by atoms with Gasteiger partial charge in [0, 0.05) is 0 Å². The molecule has 4 unspecified atom stereocenters. The van der Waals surface area contributed by atoms with E-state index in [1.54, 1.807) is 0 Å². The van der Waals surface area contributed by atoms with Crippen molar-refractivity contribution in [1.82, 2.24) is 39.0 Å². The average molecular weight is 748 g/mol. The lowest BCUT2D eigenvalue weighted by Crippen LogP contribution is -2.39. The zero-order chi connectivity index (χ0) is 35.9. The number of aromatic amines is 2. The predicted octanol–water partition coefficient (Wildman–Crippen LogP) is -3.42. The summed E-state index contributed by atoms with van der Waals surface area (Å²) in [7, 11) is -10.4. The van der Waals surface area contributed by atoms with Crippen molar-refractivity contribution >= 4 is 55.8 Å². The fraction of sp³-hybridized carbons (Fsp3) is 0.500. The highest BCUT2D eigenvalue weighted by molar-refractivity contribution is 7.47. The van der Waals surface area contributed by atoms with E-state index in [0.29, 0.717) is 0 Å². The summed E-state index contributed by atoms with van der Waals surface area (Å²) in [4.78, 5) is 78.0. The summed E-state index contributed by atoms with van der Waals surface area (Å²) in [5, 5.41) is 31.9. The second-order valence-electron chi connectivity index (χ2n) is 11.1. The molecule has 26 nitrogen and oxygen atoms in total. The highest BCUT2D eigenvalue weighted by Gasteiger charge is 2.54. The molecule has 0 aliphatic carbocycles. The Balaban J connectivity index is 1.20. The molecule has 3 aliphatic rings. The molecule has 270 valence electrons. The van der Waals surface area contributed by atoms with Gasteiger partial charge < -0.3 is 46.0 Å². The van der Waals surface area contributed by atoms with Gasteiger partial charge in [0.15, 0.2) is 34.8 Å². The Morgan fingerprint density at radius 2 is 1.38 bits per heavy atom. The maximum absolute atomic E-state index is 13.2. The average Bonchev–Trinajstić information content (AvgIpc) is 3.74. The van der Waals surface area contributed by atoms with Gasteiger partial charge in [-0.3, -0.25) is 51.6 Å². The van der Waals surface area contributed by atoms with Crippen LogP contribution >= 0.6 is 15.6 Å². The number of nitrogens with zero attached hydrogens (tertiary/aromatic N) is 6. The van der Waals surface area contributed by atoms with Crippen molar-refractivity contribution in [2.45, 2.75) is 55.5 Å². The maximum Gasteiger partial charge on any atom is 0.472 e. The third kappa shape index (κ3) is 6.10. The van der Waals surface area contributed by atoms with Crippen LogP contribution in [0.4, 0.5) is 11.9 Å². The van der Waals surface area contributed by atoms with Crippen molar-refractivity contribution in [3.63, 3.8) is 0 Å². The number of aliphatic hydroxyl groups excluding tert-OH is 2. The number of anilines is 2. The molecule has 50 heavy (non-hydrogen) atoms. The Bertz CT molecular complexity index is 2220. The third-order valence-electron chi connectivity index (χ3n) is 7.86. The number of aliphatic hydroxyl groups is 2. The number of phosphoric acid groups is 2. The molecule has 28 heteroatoms. The lowest BCUT2D eigenvalue weighted by atomic mass is 10.1. The number of nitrogens with two attached hydrogens (primary N) is 2. The largest absolute Gasteiger partial charge is 0.481 e. The molecule has 11 N–H and O–H groups in total. The van der Waals surface area contributed by atoms with E-state index in [4.69, 9.17) is 39.0 Å². The van der Waals surface area contributed by atoms with E-state index in [9.17, 15) is 48.6 Å². The minimum Gasteiger partial charge on any atom is -0.481 e. The number of aromatic nitrogens is 8. The van der Waals surface area contributed by atoms with E-state index >= 15 is 0 Å². The summed E-state index contributed by atoms with van der Waals surface area (Å²) in [5.74, 6) is -2.49. The lowest BCUT2D eigenvalue weighted by molar-refractivity contribution is -0.136. The molecule has 3 saturated heterocycles. The SMILES string of the molecule is Nc1nc2c(ncn2[C@@H]2O[C@@H]3COP(=O)(O)O[C@@H]4C(O)[C@H](n5c(CC(=O)O)nc6c(=O)[nH]c(N)nc65)O[C@@H]4COP(=O)(O)O[C@@H]3C2O)c(=O)[nH]1. The van der Waals surface area contributed by atoms with Crippen molar-refractivity contribution in [1.29, 1.82) is 0 Å². The second-order valence-corrected chi connectivity index (χ2v) is 14.0. The first-order valence-corrected chi connectivity index (χ1v) is 17.2. The van der Waals surface area contributed by atoms with Gasteiger partial charge in [0.1, 0.15) is 48.9 Å². The third-order valence-corrected chi connectivity index (χ3v) is 9.83. The maximum atomic E-state index is 13.2. The van der Waals surface area contributed by atoms with E-state index in [1.165, 1.54) is 0 Å². The van der Waals surface area contributed by atoms with Crippen molar-refractivity contribution < 1.29 is 66.6 Å². The second kappa shape index (κ2) is 12.3. The molecular formula is C22H26N10O16P2. The standard InChI is InChI=1S/C22H26N10O16P2/c23-21-27-15-9(17(37)29-21)25-4-31(15)19-11(35)13-5(45-19)2-43-50(41,42)48-14-6(3-44-49(39,40)47-13)46-20(12(14)36)32-7(1-8(33)34)26-10-16(32)28-22(24)30-18(10)38/h4-6,11-14,19-20,35-36H,1-3H2,(H,33,34)(H,39,40)(H,41,42)(H3,23,27,29,37)(H3,24,28,30,38)/t5-,6-,11?,12?,13+,14+,19-,20-/m1/s1. The molecule has 7 heterocycles. The lowest BCUT2D eigenvalue weighted by Gasteiger charge is -2.27. The number of nitrogens with one attached hydrogen (secondary N) is 2. The Kier molecular flexibility index (Phi) is 8.40. The van der Waals surface area contributed by atoms with Gasteiger partial charge >= 0.3 is 21.6 Å². The normalized spacial score (nSPS) is 35.0. The number of fused-ring (bicyclic) bond motifs is 4. The molecule has 0 amide bonds. The minimum absolute atomic E-state index is 0.152. The van der Waals surface area contributed by atoms with Gasteiger partial charge in [-0.2, -0.15) is 9.97 Å². The number of H-pyrrole nitrogens is 2. The molecule has 0 spiro atoms. The Labute approximate surface area is 274 Å². The Morgan fingerprint density at radius 3 is 1.96 bits per heavy atom. The molecular weight excluding hydrogens is 722 g/mol. The number of hydrogen-bond donors (Lipinski definition) is 9. The summed E-state index contributed by atoms with van der Waals surface area (Å²) < 4.78 is 60.6. The van der Waals surface area contributed by atoms with Gasteiger partial charge in [-0.1, -0.05) is 0 Å². The fourth-order valence-corrected chi connectivity index (χ4v) is 7.75. The summed E-state index contributed by atoms with van der Waals surface area (Å²) >= 11 is 0. The highest BCUT2D eigenvalue weighted by atomic mass is 31.2. The molecule has 10 atom stereocenters. The smallest absolute Gasteiger partial charge is 0.472 e. The van der Waals surface area contributed by atoms with Gasteiger partial charge in [-0.25, -0.2) is 19.1 Å². The van der Waals surface area contributed by atoms with Crippen LogP contribution in [-0.4, -0.2) is 120 Å². The van der Waals surface area contributed by atoms with Crippen LogP contribution in [0.3, 0.4) is 0 Å². The van der Waals surface area contributed by atoms with E-state index < -0.39 is 113 Å². The van der Waals surface area contributed by atoms with E-state index in [-0.39, 0.29) is 28.6 Å². The van der Waals surface area contributed by atoms with E-state index in [0.717, 1.165) is 15.5 Å². The van der Waals surface area contributed by atoms with Crippen LogP contribution in [0.1, 0.15) is 18.3 Å². The number of hydrogen-bond acceptors (Lipinski definition) is 19. The van der Waals surface area contributed by atoms with Crippen molar-refractivity contribution in [3.05, 3.63) is 32.9 Å². The summed E-state index contributed by atoms with van der Waals surface area (Å²) in [6, 6.07) is 0. The number of phosphoric ester groups is 2. The first kappa shape index (κ1) is 34.3. The van der Waals surface area contributed by atoms with Crippen molar-refractivity contribution in [2.24, 2.45) is 0 Å². The zero-order valence-corrected chi connectivity index (χ0v) is 26.6. The zero-order valence-electron chi connectivity index (χ0n) is 24.8. The highest BCUT2D eigenvalue weighted by Crippen LogP contribution is 2.53. The number of rotatable bonds is 4. The molecule has 3 fully saturated rings. The first-order chi connectivity index (χ1) is 23.5. The molecule has 0 bridgehead atoms. The number of ether oxygens (including phenoxy) is 2. The molecule has 0 radical (unpaired) electrons. The number of carboxylic acids is 1. The van der Waals surface area contributed by atoms with Crippen LogP contribution in [0.15, 0.2) is 15.9 Å². The Morgan fingerprint density at radius 1 is 0.860 bits per heavy atom. The summed E-state index contributed by atoms with van der Waals surface area (Å²) in [6.45, 7) is -1.92. The van der Waals surface area contributed by atoms with Crippen LogP contribution in [0.5, 0.6) is 0 Å². The first-order valence-electron chi connectivity index (χ1n) is 14.2. The number of carbonyl (C=O) groups is 1. The van der Waals surface area contributed by atoms with Crippen LogP contribution in [0, 0.1) is 0 Å². The molecule has 7 rings (SSSR count). The van der Waals surface area contributed by atoms with Crippen molar-refractivity contribution in [2.75, 3.05) is 24.7 Å². The number of nitrogen functional groups attached to an aromatic ring is 2. The van der Waals surface area contributed by atoms with Gasteiger partial charge in [0.25, 0.3) is 11.1 Å². The van der Waals surface area contributed by atoms with Crippen LogP contribution in [0.2, 0.25) is 0 Å².